The van der Waals surface area contributed by atoms with Crippen LogP contribution in [0.1, 0.15) is 19.0 Å². The molecule has 0 aromatic carbocycles. The lowest BCUT2D eigenvalue weighted by Gasteiger charge is -2.15. The molecule has 1 amide bonds. The first kappa shape index (κ1) is 10.5. The molecule has 0 aliphatic carbocycles. The summed E-state index contributed by atoms with van der Waals surface area (Å²) in [6.45, 7) is 7.62. The molecule has 4 heteroatoms. The molecule has 1 aromatic rings. The van der Waals surface area contributed by atoms with Crippen LogP contribution in [0.25, 0.3) is 0 Å². The minimum atomic E-state index is -0.0215. The van der Waals surface area contributed by atoms with Crippen LogP contribution in [0.3, 0.4) is 0 Å². The monoisotopic (exact) mass is 194 g/mol. The van der Waals surface area contributed by atoms with Gasteiger partial charge < -0.3 is 4.42 Å². The Balaban J connectivity index is 2.87. The van der Waals surface area contributed by atoms with Gasteiger partial charge in [-0.15, -0.1) is 6.58 Å². The van der Waals surface area contributed by atoms with E-state index < -0.39 is 0 Å². The number of nitrogens with zero attached hydrogens (tertiary/aromatic N) is 2. The average molecular weight is 194 g/mol. The molecule has 0 bridgehead atoms. The number of aromatic nitrogens is 1. The fraction of sp³-hybridized carbons (Fsp3) is 0.400. The summed E-state index contributed by atoms with van der Waals surface area (Å²) in [5.41, 5.74) is 0.762. The van der Waals surface area contributed by atoms with Gasteiger partial charge in [0.2, 0.25) is 5.91 Å². The number of carbonyl (C=O) groups is 1. The molecule has 1 rings (SSSR count). The van der Waals surface area contributed by atoms with Crippen molar-refractivity contribution in [2.75, 3.05) is 11.4 Å². The van der Waals surface area contributed by atoms with E-state index in [4.69, 9.17) is 4.42 Å². The highest BCUT2D eigenvalue weighted by molar-refractivity contribution is 5.91. The first-order valence-corrected chi connectivity index (χ1v) is 4.52. The fourth-order valence-corrected chi connectivity index (χ4v) is 1.07. The van der Waals surface area contributed by atoms with E-state index in [-0.39, 0.29) is 5.91 Å². The Kier molecular flexibility index (Phi) is 3.45. The Morgan fingerprint density at radius 2 is 2.50 bits per heavy atom. The second kappa shape index (κ2) is 4.60. The minimum Gasteiger partial charge on any atom is -0.431 e. The van der Waals surface area contributed by atoms with Gasteiger partial charge in [0.05, 0.1) is 5.69 Å². The lowest BCUT2D eigenvalue weighted by molar-refractivity contribution is -0.118. The molecular weight excluding hydrogens is 180 g/mol. The van der Waals surface area contributed by atoms with E-state index in [1.165, 1.54) is 11.2 Å². The normalized spacial score (nSPS) is 9.86. The molecule has 0 saturated heterocycles. The van der Waals surface area contributed by atoms with Crippen LogP contribution in [0, 0.1) is 6.92 Å². The van der Waals surface area contributed by atoms with Gasteiger partial charge in [0.1, 0.15) is 6.26 Å². The van der Waals surface area contributed by atoms with Crippen LogP contribution < -0.4 is 4.90 Å². The smallest absolute Gasteiger partial charge is 0.304 e. The van der Waals surface area contributed by atoms with Crippen LogP contribution in [-0.4, -0.2) is 17.4 Å². The number of carbonyl (C=O) groups excluding carboxylic acids is 1. The van der Waals surface area contributed by atoms with Crippen LogP contribution in [0.5, 0.6) is 0 Å². The number of aryl methyl sites for hydroxylation is 1. The number of rotatable bonds is 4. The third-order valence-corrected chi connectivity index (χ3v) is 1.75. The zero-order chi connectivity index (χ0) is 10.6. The quantitative estimate of drug-likeness (QED) is 0.688. The second-order valence-electron chi connectivity index (χ2n) is 2.92. The molecule has 76 valence electrons. The van der Waals surface area contributed by atoms with E-state index in [9.17, 15) is 4.79 Å². The van der Waals surface area contributed by atoms with Crippen molar-refractivity contribution in [3.8, 4) is 0 Å². The molecule has 0 unspecified atom stereocenters. The molecule has 1 heterocycles. The number of oxazole rings is 1. The summed E-state index contributed by atoms with van der Waals surface area (Å²) >= 11 is 0. The van der Waals surface area contributed by atoms with Crippen molar-refractivity contribution in [3.05, 3.63) is 24.6 Å². The Labute approximate surface area is 83.2 Å². The Morgan fingerprint density at radius 3 is 2.93 bits per heavy atom. The molecule has 0 aliphatic heterocycles. The van der Waals surface area contributed by atoms with Gasteiger partial charge in [-0.3, -0.25) is 9.69 Å². The highest BCUT2D eigenvalue weighted by Gasteiger charge is 2.16. The first-order chi connectivity index (χ1) is 6.69. The van der Waals surface area contributed by atoms with Gasteiger partial charge in [0, 0.05) is 13.0 Å². The van der Waals surface area contributed by atoms with E-state index in [1.807, 2.05) is 6.92 Å². The summed E-state index contributed by atoms with van der Waals surface area (Å²) in [6, 6.07) is 0.342. The average Bonchev–Trinajstić information content (AvgIpc) is 2.60. The summed E-state index contributed by atoms with van der Waals surface area (Å²) in [6.07, 6.45) is 3.59. The van der Waals surface area contributed by atoms with Crippen LogP contribution >= 0.6 is 0 Å². The zero-order valence-corrected chi connectivity index (χ0v) is 8.49. The first-order valence-electron chi connectivity index (χ1n) is 4.52. The molecule has 0 N–H and O–H groups in total. The second-order valence-corrected chi connectivity index (χ2v) is 2.92. The van der Waals surface area contributed by atoms with Gasteiger partial charge in [-0.25, -0.2) is 0 Å². The maximum absolute atomic E-state index is 11.5. The summed E-state index contributed by atoms with van der Waals surface area (Å²) in [5, 5.41) is 0. The molecule has 0 aliphatic rings. The standard InChI is InChI=1S/C10H14N2O2/c1-4-6-12(9(13)5-2)10-11-8(3)7-14-10/h4,7H,1,5-6H2,2-3H3. The van der Waals surface area contributed by atoms with Crippen LogP contribution in [-0.2, 0) is 4.79 Å². The molecule has 1 aromatic heterocycles. The molecular formula is C10H14N2O2. The third-order valence-electron chi connectivity index (χ3n) is 1.75. The minimum absolute atomic E-state index is 0.0215. The Hall–Kier alpha value is -1.58. The van der Waals surface area contributed by atoms with Crippen molar-refractivity contribution >= 4 is 11.9 Å². The summed E-state index contributed by atoms with van der Waals surface area (Å²) in [4.78, 5) is 17.1. The van der Waals surface area contributed by atoms with Gasteiger partial charge in [0.25, 0.3) is 0 Å². The number of hydrogen-bond acceptors (Lipinski definition) is 3. The Bertz CT molecular complexity index is 331. The van der Waals surface area contributed by atoms with Crippen LogP contribution in [0.2, 0.25) is 0 Å². The van der Waals surface area contributed by atoms with Gasteiger partial charge in [-0.05, 0) is 6.92 Å². The van der Waals surface area contributed by atoms with Crippen molar-refractivity contribution in [1.29, 1.82) is 0 Å². The van der Waals surface area contributed by atoms with Crippen molar-refractivity contribution in [1.82, 2.24) is 4.98 Å². The van der Waals surface area contributed by atoms with Crippen molar-refractivity contribution in [3.63, 3.8) is 0 Å². The fourth-order valence-electron chi connectivity index (χ4n) is 1.07. The van der Waals surface area contributed by atoms with E-state index in [0.29, 0.717) is 19.0 Å². The molecule has 0 saturated carbocycles. The van der Waals surface area contributed by atoms with Crippen molar-refractivity contribution in [2.24, 2.45) is 0 Å². The maximum Gasteiger partial charge on any atom is 0.304 e. The van der Waals surface area contributed by atoms with Gasteiger partial charge in [0.15, 0.2) is 0 Å². The van der Waals surface area contributed by atoms with Gasteiger partial charge in [-0.1, -0.05) is 13.0 Å². The highest BCUT2D eigenvalue weighted by atomic mass is 16.4. The molecule has 14 heavy (non-hydrogen) atoms. The molecule has 0 radical (unpaired) electrons. The third kappa shape index (κ3) is 2.22. The molecule has 4 nitrogen and oxygen atoms in total. The molecule has 0 fully saturated rings. The van der Waals surface area contributed by atoms with E-state index in [2.05, 4.69) is 11.6 Å². The zero-order valence-electron chi connectivity index (χ0n) is 8.49. The number of amides is 1. The lowest BCUT2D eigenvalue weighted by Crippen LogP contribution is -2.30. The largest absolute Gasteiger partial charge is 0.431 e. The van der Waals surface area contributed by atoms with Gasteiger partial charge >= 0.3 is 6.01 Å². The van der Waals surface area contributed by atoms with Crippen LogP contribution in [0.4, 0.5) is 6.01 Å². The number of anilines is 1. The Morgan fingerprint density at radius 1 is 1.79 bits per heavy atom. The SMILES string of the molecule is C=CCN(C(=O)CC)c1nc(C)co1. The number of hydrogen-bond donors (Lipinski definition) is 0. The lowest BCUT2D eigenvalue weighted by atomic mass is 10.4. The van der Waals surface area contributed by atoms with Crippen LogP contribution in [0.15, 0.2) is 23.3 Å². The van der Waals surface area contributed by atoms with E-state index >= 15 is 0 Å². The topological polar surface area (TPSA) is 46.3 Å². The van der Waals surface area contributed by atoms with Crippen molar-refractivity contribution < 1.29 is 9.21 Å². The predicted octanol–water partition coefficient (Wildman–Crippen LogP) is 1.91. The summed E-state index contributed by atoms with van der Waals surface area (Å²) in [7, 11) is 0. The predicted molar refractivity (Wildman–Crippen MR) is 54.1 cm³/mol. The van der Waals surface area contributed by atoms with Gasteiger partial charge in [-0.2, -0.15) is 4.98 Å². The van der Waals surface area contributed by atoms with Crippen molar-refractivity contribution in [2.45, 2.75) is 20.3 Å². The summed E-state index contributed by atoms with van der Waals surface area (Å²) in [5.74, 6) is -0.0215. The molecule has 0 atom stereocenters. The molecule has 0 spiro atoms. The van der Waals surface area contributed by atoms with E-state index in [0.717, 1.165) is 5.69 Å². The highest BCUT2D eigenvalue weighted by Crippen LogP contribution is 2.13. The summed E-state index contributed by atoms with van der Waals surface area (Å²) < 4.78 is 5.15. The maximum atomic E-state index is 11.5. The van der Waals surface area contributed by atoms with E-state index in [1.54, 1.807) is 13.0 Å².